The van der Waals surface area contributed by atoms with Crippen LogP contribution in [-0.4, -0.2) is 69.2 Å². The van der Waals surface area contributed by atoms with Crippen LogP contribution in [0, 0.1) is 16.0 Å². The molecule has 1 fully saturated rings. The minimum Gasteiger partial charge on any atom is -0.379 e. The van der Waals surface area contributed by atoms with Crippen molar-refractivity contribution in [3.63, 3.8) is 0 Å². The zero-order valence-corrected chi connectivity index (χ0v) is 15.0. The van der Waals surface area contributed by atoms with Crippen molar-refractivity contribution in [1.29, 1.82) is 0 Å². The van der Waals surface area contributed by atoms with Crippen molar-refractivity contribution in [2.45, 2.75) is 6.92 Å². The molecule has 1 aliphatic rings. The average molecular weight is 350 g/mol. The van der Waals surface area contributed by atoms with Crippen molar-refractivity contribution in [3.8, 4) is 0 Å². The van der Waals surface area contributed by atoms with Gasteiger partial charge in [0.1, 0.15) is 5.69 Å². The first-order valence-electron chi connectivity index (χ1n) is 8.42. The fourth-order valence-electron chi connectivity index (χ4n) is 2.85. The van der Waals surface area contributed by atoms with Gasteiger partial charge < -0.3 is 15.0 Å². The molecule has 0 radical (unpaired) electrons. The minimum atomic E-state index is -0.465. The third-order valence-electron chi connectivity index (χ3n) is 4.20. The molecule has 2 rings (SSSR count). The molecule has 1 aliphatic heterocycles. The Morgan fingerprint density at radius 3 is 2.68 bits per heavy atom. The number of hydrogen-bond acceptors (Lipinski definition) is 6. The van der Waals surface area contributed by atoms with Gasteiger partial charge in [-0.05, 0) is 18.1 Å². The number of carbonyl (C=O) groups excluding carboxylic acids is 1. The molecule has 0 saturated carbocycles. The minimum absolute atomic E-state index is 0.0704. The van der Waals surface area contributed by atoms with E-state index in [2.05, 4.69) is 17.1 Å². The maximum Gasteiger partial charge on any atom is 0.293 e. The number of nitro benzene ring substituents is 1. The topological polar surface area (TPSA) is 88.0 Å². The van der Waals surface area contributed by atoms with Gasteiger partial charge in [-0.25, -0.2) is 0 Å². The Morgan fingerprint density at radius 1 is 1.40 bits per heavy atom. The molecule has 8 nitrogen and oxygen atoms in total. The summed E-state index contributed by atoms with van der Waals surface area (Å²) in [7, 11) is 3.46. The number of morpholine rings is 1. The van der Waals surface area contributed by atoms with E-state index < -0.39 is 4.92 Å². The van der Waals surface area contributed by atoms with E-state index in [1.54, 1.807) is 31.1 Å². The van der Waals surface area contributed by atoms with Crippen molar-refractivity contribution in [2.75, 3.05) is 58.4 Å². The number of rotatable bonds is 7. The molecular weight excluding hydrogens is 324 g/mol. The van der Waals surface area contributed by atoms with Gasteiger partial charge >= 0.3 is 0 Å². The van der Waals surface area contributed by atoms with Crippen LogP contribution in [0.5, 0.6) is 0 Å². The number of benzene rings is 1. The molecule has 0 aromatic heterocycles. The molecule has 0 spiro atoms. The fraction of sp³-hybridized carbons (Fsp3) is 0.588. The van der Waals surface area contributed by atoms with Crippen LogP contribution in [0.4, 0.5) is 11.4 Å². The first-order chi connectivity index (χ1) is 11.9. The molecule has 0 aliphatic carbocycles. The third-order valence-corrected chi connectivity index (χ3v) is 4.20. The van der Waals surface area contributed by atoms with Crippen LogP contribution in [0.1, 0.15) is 17.3 Å². The highest BCUT2D eigenvalue weighted by Gasteiger charge is 2.19. The lowest BCUT2D eigenvalue weighted by Gasteiger charge is -2.29. The lowest BCUT2D eigenvalue weighted by molar-refractivity contribution is -0.384. The van der Waals surface area contributed by atoms with Crippen LogP contribution in [0.15, 0.2) is 18.2 Å². The van der Waals surface area contributed by atoms with Crippen molar-refractivity contribution >= 4 is 17.3 Å². The number of nitrogens with one attached hydrogen (secondary N) is 1. The van der Waals surface area contributed by atoms with E-state index >= 15 is 0 Å². The number of carbonyl (C=O) groups is 1. The Bertz CT molecular complexity index is 615. The van der Waals surface area contributed by atoms with Gasteiger partial charge in [0.25, 0.3) is 11.6 Å². The Kier molecular flexibility index (Phi) is 6.72. The molecule has 138 valence electrons. The third kappa shape index (κ3) is 5.40. The van der Waals surface area contributed by atoms with E-state index in [1.165, 1.54) is 6.07 Å². The molecule has 1 unspecified atom stereocenters. The summed E-state index contributed by atoms with van der Waals surface area (Å²) < 4.78 is 5.32. The van der Waals surface area contributed by atoms with E-state index in [1.807, 2.05) is 0 Å². The zero-order chi connectivity index (χ0) is 18.4. The molecular formula is C17H26N4O4. The second-order valence-electron chi connectivity index (χ2n) is 6.58. The van der Waals surface area contributed by atoms with Crippen molar-refractivity contribution in [3.05, 3.63) is 33.9 Å². The Morgan fingerprint density at radius 2 is 2.08 bits per heavy atom. The highest BCUT2D eigenvalue weighted by Crippen LogP contribution is 2.27. The summed E-state index contributed by atoms with van der Waals surface area (Å²) in [5.74, 6) is 0.000294. The molecule has 8 heteroatoms. The van der Waals surface area contributed by atoms with Gasteiger partial charge in [0.2, 0.25) is 0 Å². The van der Waals surface area contributed by atoms with E-state index in [-0.39, 0.29) is 17.5 Å². The molecule has 0 bridgehead atoms. The summed E-state index contributed by atoms with van der Waals surface area (Å²) in [5, 5.41) is 14.1. The Balaban J connectivity index is 1.93. The quantitative estimate of drug-likeness (QED) is 0.590. The summed E-state index contributed by atoms with van der Waals surface area (Å²) >= 11 is 0. The maximum absolute atomic E-state index is 12.3. The van der Waals surface area contributed by atoms with Crippen LogP contribution in [0.3, 0.4) is 0 Å². The van der Waals surface area contributed by atoms with E-state index in [0.717, 1.165) is 32.8 Å². The van der Waals surface area contributed by atoms with Crippen molar-refractivity contribution in [1.82, 2.24) is 10.2 Å². The number of nitro groups is 1. The number of nitrogens with zero attached hydrogens (tertiary/aromatic N) is 3. The maximum atomic E-state index is 12.3. The van der Waals surface area contributed by atoms with Crippen LogP contribution in [0.25, 0.3) is 0 Å². The monoisotopic (exact) mass is 350 g/mol. The molecule has 25 heavy (non-hydrogen) atoms. The van der Waals surface area contributed by atoms with Gasteiger partial charge in [-0.1, -0.05) is 6.92 Å². The molecule has 1 amide bonds. The predicted octanol–water partition coefficient (Wildman–Crippen LogP) is 1.36. The Labute approximate surface area is 147 Å². The summed E-state index contributed by atoms with van der Waals surface area (Å²) in [6.45, 7) is 6.82. The van der Waals surface area contributed by atoms with Crippen molar-refractivity contribution in [2.24, 2.45) is 5.92 Å². The summed E-state index contributed by atoms with van der Waals surface area (Å²) in [4.78, 5) is 27.0. The van der Waals surface area contributed by atoms with Crippen LogP contribution in [-0.2, 0) is 4.74 Å². The van der Waals surface area contributed by atoms with E-state index in [9.17, 15) is 14.9 Å². The molecule has 1 aromatic rings. The molecule has 1 N–H and O–H groups in total. The summed E-state index contributed by atoms with van der Waals surface area (Å²) in [6.07, 6.45) is 0. The second kappa shape index (κ2) is 8.77. The Hall–Kier alpha value is -2.19. The molecule has 1 aromatic carbocycles. The molecule has 1 heterocycles. The van der Waals surface area contributed by atoms with Gasteiger partial charge in [-0.15, -0.1) is 0 Å². The fourth-order valence-corrected chi connectivity index (χ4v) is 2.85. The summed E-state index contributed by atoms with van der Waals surface area (Å²) in [6, 6.07) is 4.55. The first-order valence-corrected chi connectivity index (χ1v) is 8.42. The lowest BCUT2D eigenvalue weighted by Crippen LogP contribution is -2.41. The highest BCUT2D eigenvalue weighted by atomic mass is 16.6. The van der Waals surface area contributed by atoms with Gasteiger partial charge in [0.15, 0.2) is 0 Å². The highest BCUT2D eigenvalue weighted by molar-refractivity contribution is 5.95. The molecule has 1 saturated heterocycles. The van der Waals surface area contributed by atoms with Gasteiger partial charge in [0, 0.05) is 51.9 Å². The van der Waals surface area contributed by atoms with Crippen LogP contribution < -0.4 is 10.2 Å². The van der Waals surface area contributed by atoms with Gasteiger partial charge in [-0.2, -0.15) is 0 Å². The van der Waals surface area contributed by atoms with E-state index in [4.69, 9.17) is 4.74 Å². The smallest absolute Gasteiger partial charge is 0.293 e. The standard InChI is InChI=1S/C17H26N4O4/c1-13(12-20-6-8-25-9-7-20)11-18-17(22)14-4-5-15(19(2)3)16(10-14)21(23)24/h4-5,10,13H,6-9,11-12H2,1-3H3,(H,18,22). The lowest BCUT2D eigenvalue weighted by atomic mass is 10.1. The first kappa shape index (κ1) is 19.1. The number of ether oxygens (including phenoxy) is 1. The number of anilines is 1. The van der Waals surface area contributed by atoms with Crippen LogP contribution in [0.2, 0.25) is 0 Å². The van der Waals surface area contributed by atoms with Gasteiger partial charge in [0.05, 0.1) is 18.1 Å². The average Bonchev–Trinajstić information content (AvgIpc) is 2.59. The number of hydrogen-bond donors (Lipinski definition) is 1. The largest absolute Gasteiger partial charge is 0.379 e. The predicted molar refractivity (Wildman–Crippen MR) is 96.2 cm³/mol. The second-order valence-corrected chi connectivity index (χ2v) is 6.58. The van der Waals surface area contributed by atoms with Crippen molar-refractivity contribution < 1.29 is 14.5 Å². The zero-order valence-electron chi connectivity index (χ0n) is 15.0. The molecule has 1 atom stereocenters. The summed E-state index contributed by atoms with van der Waals surface area (Å²) in [5.41, 5.74) is 0.706. The van der Waals surface area contributed by atoms with Crippen LogP contribution >= 0.6 is 0 Å². The van der Waals surface area contributed by atoms with Gasteiger partial charge in [-0.3, -0.25) is 19.8 Å². The van der Waals surface area contributed by atoms with E-state index in [0.29, 0.717) is 17.8 Å². The SMILES string of the molecule is CC(CNC(=O)c1ccc(N(C)C)c([N+](=O)[O-])c1)CN1CCOCC1. The number of amides is 1. The normalized spacial score (nSPS) is 16.3.